The molecule has 6 rings (SSSR count). The van der Waals surface area contributed by atoms with Crippen molar-refractivity contribution < 1.29 is 4.79 Å². The average Bonchev–Trinajstić information content (AvgIpc) is 3.10. The van der Waals surface area contributed by atoms with Crippen molar-refractivity contribution in [3.63, 3.8) is 0 Å². The van der Waals surface area contributed by atoms with Gasteiger partial charge >= 0.3 is 0 Å². The first kappa shape index (κ1) is 19.0. The van der Waals surface area contributed by atoms with Gasteiger partial charge in [0.05, 0.1) is 11.7 Å². The van der Waals surface area contributed by atoms with Gasteiger partial charge in [0.1, 0.15) is 10.9 Å². The van der Waals surface area contributed by atoms with Crippen molar-refractivity contribution >= 4 is 33.2 Å². The van der Waals surface area contributed by atoms with Gasteiger partial charge in [0, 0.05) is 10.6 Å². The Morgan fingerprint density at radius 1 is 1.28 bits per heavy atom. The number of fused-ring (bicyclic) bond motifs is 1. The van der Waals surface area contributed by atoms with E-state index >= 15 is 0 Å². The Morgan fingerprint density at radius 3 is 2.62 bits per heavy atom. The smallest absolute Gasteiger partial charge is 0.262 e. The number of hydrazone groups is 1. The Balaban J connectivity index is 1.34. The third-order valence-corrected chi connectivity index (χ3v) is 8.19. The quantitative estimate of drug-likeness (QED) is 0.757. The van der Waals surface area contributed by atoms with Crippen LogP contribution in [-0.4, -0.2) is 21.2 Å². The fourth-order valence-electron chi connectivity index (χ4n) is 5.82. The lowest BCUT2D eigenvalue weighted by molar-refractivity contribution is -0.123. The fraction of sp³-hybridized carbons (Fsp3) is 0.636. The van der Waals surface area contributed by atoms with Crippen molar-refractivity contribution in [2.45, 2.75) is 64.8 Å². The monoisotopic (exact) mass is 412 g/mol. The molecule has 2 aromatic rings. The predicted octanol–water partition coefficient (Wildman–Crippen LogP) is 3.90. The Morgan fingerprint density at radius 2 is 1.97 bits per heavy atom. The minimum Gasteiger partial charge on any atom is -0.286 e. The van der Waals surface area contributed by atoms with Crippen molar-refractivity contribution in [1.82, 2.24) is 15.0 Å². The molecule has 0 spiro atoms. The van der Waals surface area contributed by atoms with Crippen LogP contribution < -0.4 is 11.0 Å². The first-order valence-corrected chi connectivity index (χ1v) is 11.7. The zero-order valence-corrected chi connectivity index (χ0v) is 17.9. The van der Waals surface area contributed by atoms with Crippen molar-refractivity contribution in [3.8, 4) is 0 Å². The van der Waals surface area contributed by atoms with Gasteiger partial charge in [0.25, 0.3) is 11.5 Å². The summed E-state index contributed by atoms with van der Waals surface area (Å²) in [5, 5.41) is 5.18. The summed E-state index contributed by atoms with van der Waals surface area (Å²) in [4.78, 5) is 32.0. The third kappa shape index (κ3) is 3.33. The largest absolute Gasteiger partial charge is 0.286 e. The van der Waals surface area contributed by atoms with Gasteiger partial charge in [-0.1, -0.05) is 13.3 Å². The van der Waals surface area contributed by atoms with Crippen molar-refractivity contribution in [2.24, 2.45) is 28.8 Å². The lowest BCUT2D eigenvalue weighted by Gasteiger charge is -2.50. The van der Waals surface area contributed by atoms with Gasteiger partial charge in [-0.15, -0.1) is 11.3 Å². The van der Waals surface area contributed by atoms with Gasteiger partial charge in [-0.25, -0.2) is 10.4 Å². The van der Waals surface area contributed by atoms with Gasteiger partial charge in [0.15, 0.2) is 0 Å². The molecule has 1 unspecified atom stereocenters. The number of nitrogens with one attached hydrogen (secondary N) is 1. The number of carbonyl (C=O) groups is 1. The number of aromatic nitrogens is 2. The second-order valence-corrected chi connectivity index (χ2v) is 10.2. The molecule has 4 bridgehead atoms. The molecule has 7 heteroatoms. The first-order valence-electron chi connectivity index (χ1n) is 10.9. The highest BCUT2D eigenvalue weighted by Crippen LogP contribution is 2.52. The summed E-state index contributed by atoms with van der Waals surface area (Å²) in [5.74, 6) is 2.57. The fourth-order valence-corrected chi connectivity index (χ4v) is 6.91. The van der Waals surface area contributed by atoms with Crippen LogP contribution in [0.25, 0.3) is 10.2 Å². The van der Waals surface area contributed by atoms with Crippen LogP contribution in [0, 0.1) is 23.7 Å². The van der Waals surface area contributed by atoms with Crippen LogP contribution in [0.1, 0.15) is 63.3 Å². The molecule has 0 aliphatic heterocycles. The standard InChI is InChI=1S/C22H28N4O2S/c1-3-4-17-10-18-21(29-17)23-11-26(22(18)28)12(2)20(27)25-24-19-15-6-13-5-14(8-15)9-16(19)7-13/h10-16H,3-9H2,1-2H3,(H,25,27). The van der Waals surface area contributed by atoms with Crippen LogP contribution in [0.2, 0.25) is 0 Å². The summed E-state index contributed by atoms with van der Waals surface area (Å²) >= 11 is 1.56. The number of rotatable bonds is 5. The van der Waals surface area contributed by atoms with Crippen molar-refractivity contribution in [1.29, 1.82) is 0 Å². The molecule has 2 aromatic heterocycles. The predicted molar refractivity (Wildman–Crippen MR) is 115 cm³/mol. The highest BCUT2D eigenvalue weighted by Gasteiger charge is 2.46. The summed E-state index contributed by atoms with van der Waals surface area (Å²) in [7, 11) is 0. The number of aryl methyl sites for hydroxylation is 1. The molecule has 6 nitrogen and oxygen atoms in total. The normalized spacial score (nSPS) is 28.7. The van der Waals surface area contributed by atoms with Crippen LogP contribution in [-0.2, 0) is 11.2 Å². The summed E-state index contributed by atoms with van der Waals surface area (Å²) in [6, 6.07) is 1.28. The molecule has 4 aliphatic rings. The van der Waals surface area contributed by atoms with E-state index in [2.05, 4.69) is 22.4 Å². The lowest BCUT2D eigenvalue weighted by atomic mass is 9.55. The summed E-state index contributed by atoms with van der Waals surface area (Å²) in [5.41, 5.74) is 3.81. The van der Waals surface area contributed by atoms with Crippen LogP contribution in [0.15, 0.2) is 22.3 Å². The number of hydrogen-bond donors (Lipinski definition) is 1. The minimum atomic E-state index is -0.643. The lowest BCUT2D eigenvalue weighted by Crippen LogP contribution is -2.46. The number of hydrogen-bond acceptors (Lipinski definition) is 5. The molecule has 0 radical (unpaired) electrons. The Bertz CT molecular complexity index is 1010. The molecule has 1 atom stereocenters. The number of thiophene rings is 1. The van der Waals surface area contributed by atoms with Crippen molar-refractivity contribution in [2.75, 3.05) is 0 Å². The maximum atomic E-state index is 12.9. The van der Waals surface area contributed by atoms with E-state index in [-0.39, 0.29) is 11.5 Å². The Labute approximate surface area is 174 Å². The van der Waals surface area contributed by atoms with E-state index in [0.29, 0.717) is 17.2 Å². The van der Waals surface area contributed by atoms with E-state index < -0.39 is 6.04 Å². The maximum absolute atomic E-state index is 12.9. The average molecular weight is 413 g/mol. The molecule has 0 saturated heterocycles. The molecule has 4 fully saturated rings. The molecule has 4 aliphatic carbocycles. The molecule has 2 heterocycles. The van der Waals surface area contributed by atoms with E-state index in [1.807, 2.05) is 6.07 Å². The molecule has 154 valence electrons. The molecular weight excluding hydrogens is 384 g/mol. The zero-order chi connectivity index (χ0) is 20.1. The molecule has 1 N–H and O–H groups in total. The molecule has 1 amide bonds. The molecular formula is C22H28N4O2S. The van der Waals surface area contributed by atoms with E-state index in [9.17, 15) is 9.59 Å². The highest BCUT2D eigenvalue weighted by atomic mass is 32.1. The molecule has 29 heavy (non-hydrogen) atoms. The molecule has 4 saturated carbocycles. The van der Waals surface area contributed by atoms with Crippen molar-refractivity contribution in [3.05, 3.63) is 27.6 Å². The second kappa shape index (κ2) is 7.35. The first-order chi connectivity index (χ1) is 14.0. The minimum absolute atomic E-state index is 0.154. The number of nitrogens with zero attached hydrogens (tertiary/aromatic N) is 3. The van der Waals surface area contributed by atoms with Gasteiger partial charge in [-0.3, -0.25) is 14.2 Å². The zero-order valence-electron chi connectivity index (χ0n) is 17.1. The van der Waals surface area contributed by atoms with Gasteiger partial charge < -0.3 is 0 Å². The van der Waals surface area contributed by atoms with E-state index in [1.165, 1.54) is 48.7 Å². The summed E-state index contributed by atoms with van der Waals surface area (Å²) < 4.78 is 1.43. The van der Waals surface area contributed by atoms with Crippen LogP contribution >= 0.6 is 11.3 Å². The van der Waals surface area contributed by atoms with Gasteiger partial charge in [0.2, 0.25) is 0 Å². The van der Waals surface area contributed by atoms with E-state index in [4.69, 9.17) is 0 Å². The molecule has 0 aromatic carbocycles. The number of carbonyl (C=O) groups excluding carboxylic acids is 1. The Hall–Kier alpha value is -2.02. The van der Waals surface area contributed by atoms with Crippen LogP contribution in [0.4, 0.5) is 0 Å². The summed E-state index contributed by atoms with van der Waals surface area (Å²) in [6.45, 7) is 3.86. The maximum Gasteiger partial charge on any atom is 0.262 e. The summed E-state index contributed by atoms with van der Waals surface area (Å²) in [6.07, 6.45) is 9.79. The SMILES string of the molecule is CCCc1cc2c(=O)n(C(C)C(=O)NN=C3C4CC5CC(C4)CC3C5)cnc2s1. The van der Waals surface area contributed by atoms with Crippen LogP contribution in [0.5, 0.6) is 0 Å². The van der Waals surface area contributed by atoms with E-state index in [1.54, 1.807) is 18.3 Å². The van der Waals surface area contributed by atoms with Gasteiger partial charge in [-0.05, 0) is 75.2 Å². The van der Waals surface area contributed by atoms with E-state index in [0.717, 1.165) is 34.4 Å². The Kier molecular flexibility index (Phi) is 4.81. The second-order valence-electron chi connectivity index (χ2n) is 9.13. The van der Waals surface area contributed by atoms with Gasteiger partial charge in [-0.2, -0.15) is 5.10 Å². The number of amides is 1. The van der Waals surface area contributed by atoms with Crippen LogP contribution in [0.3, 0.4) is 0 Å². The topological polar surface area (TPSA) is 76.3 Å². The highest BCUT2D eigenvalue weighted by molar-refractivity contribution is 7.18. The third-order valence-electron chi connectivity index (χ3n) is 7.09.